The summed E-state index contributed by atoms with van der Waals surface area (Å²) in [5, 5.41) is 16.3. The summed E-state index contributed by atoms with van der Waals surface area (Å²) in [6, 6.07) is -0.657. The van der Waals surface area contributed by atoms with Gasteiger partial charge in [-0.25, -0.2) is 4.79 Å². The molecule has 3 heterocycles. The number of fused-ring (bicyclic) bond motifs is 1. The Kier molecular flexibility index (Phi) is 5.43. The largest absolute Gasteiger partial charge is 0.354 e. The second-order valence-corrected chi connectivity index (χ2v) is 7.10. The van der Waals surface area contributed by atoms with Crippen molar-refractivity contribution in [3.63, 3.8) is 0 Å². The summed E-state index contributed by atoms with van der Waals surface area (Å²) in [4.78, 5) is 30.6. The van der Waals surface area contributed by atoms with E-state index in [0.717, 1.165) is 17.7 Å². The van der Waals surface area contributed by atoms with Crippen molar-refractivity contribution in [1.82, 2.24) is 35.9 Å². The molecule has 1 aliphatic heterocycles. The van der Waals surface area contributed by atoms with Gasteiger partial charge in [-0.05, 0) is 12.8 Å². The average molecular weight is 375 g/mol. The van der Waals surface area contributed by atoms with Gasteiger partial charge in [-0.2, -0.15) is 10.1 Å². The number of carbonyl (C=O) groups is 2. The third kappa shape index (κ3) is 4.09. The molecule has 2 aromatic heterocycles. The predicted octanol–water partition coefficient (Wildman–Crippen LogP) is 1.18. The van der Waals surface area contributed by atoms with Crippen LogP contribution in [0.5, 0.6) is 0 Å². The number of carbonyl (C=O) groups excluding carboxylic acids is 2. The molecule has 3 N–H and O–H groups in total. The van der Waals surface area contributed by atoms with Crippen LogP contribution in [0.3, 0.4) is 0 Å². The summed E-state index contributed by atoms with van der Waals surface area (Å²) >= 11 is 0. The summed E-state index contributed by atoms with van der Waals surface area (Å²) in [6.07, 6.45) is 1.34. The van der Waals surface area contributed by atoms with E-state index in [0.29, 0.717) is 42.8 Å². The summed E-state index contributed by atoms with van der Waals surface area (Å²) in [5.41, 5.74) is 1.97. The highest BCUT2D eigenvalue weighted by molar-refractivity contribution is 5.94. The molecule has 0 bridgehead atoms. The SMILES string of the molecule is CNC(=O)c1n[nH]c2c1CN(C(=O)NC(C)c1nc(CC(C)C)no1)CC2. The molecule has 1 unspecified atom stereocenters. The summed E-state index contributed by atoms with van der Waals surface area (Å²) in [6.45, 7) is 6.80. The Morgan fingerprint density at radius 2 is 2.11 bits per heavy atom. The topological polar surface area (TPSA) is 129 Å². The first-order valence-corrected chi connectivity index (χ1v) is 9.05. The second kappa shape index (κ2) is 7.77. The first-order chi connectivity index (χ1) is 12.9. The molecule has 3 amide bonds. The molecular formula is C17H25N7O3. The minimum Gasteiger partial charge on any atom is -0.354 e. The third-order valence-corrected chi connectivity index (χ3v) is 4.45. The molecule has 1 aliphatic rings. The molecule has 27 heavy (non-hydrogen) atoms. The van der Waals surface area contributed by atoms with E-state index >= 15 is 0 Å². The second-order valence-electron chi connectivity index (χ2n) is 7.10. The highest BCUT2D eigenvalue weighted by Crippen LogP contribution is 2.21. The Bertz CT molecular complexity index is 826. The van der Waals surface area contributed by atoms with Crippen LogP contribution < -0.4 is 10.6 Å². The number of amides is 3. The highest BCUT2D eigenvalue weighted by atomic mass is 16.5. The van der Waals surface area contributed by atoms with Gasteiger partial charge in [-0.3, -0.25) is 9.89 Å². The lowest BCUT2D eigenvalue weighted by Crippen LogP contribution is -2.44. The van der Waals surface area contributed by atoms with Crippen LogP contribution in [0.15, 0.2) is 4.52 Å². The molecule has 10 nitrogen and oxygen atoms in total. The normalized spacial score (nSPS) is 14.8. The number of rotatable bonds is 5. The number of nitrogens with zero attached hydrogens (tertiary/aromatic N) is 4. The van der Waals surface area contributed by atoms with Crippen LogP contribution in [0.1, 0.15) is 60.3 Å². The van der Waals surface area contributed by atoms with E-state index in [9.17, 15) is 9.59 Å². The minimum atomic E-state index is -0.407. The van der Waals surface area contributed by atoms with Gasteiger partial charge in [0.1, 0.15) is 6.04 Å². The quantitative estimate of drug-likeness (QED) is 0.720. The number of aromatic nitrogens is 4. The number of urea groups is 1. The first kappa shape index (κ1) is 18.9. The van der Waals surface area contributed by atoms with Gasteiger partial charge in [0.05, 0.1) is 6.54 Å². The lowest BCUT2D eigenvalue weighted by Gasteiger charge is -2.28. The third-order valence-electron chi connectivity index (χ3n) is 4.45. The fraction of sp³-hybridized carbons (Fsp3) is 0.588. The maximum absolute atomic E-state index is 12.6. The maximum atomic E-state index is 12.6. The van der Waals surface area contributed by atoms with Crippen LogP contribution in [0.4, 0.5) is 4.79 Å². The fourth-order valence-electron chi connectivity index (χ4n) is 3.00. The van der Waals surface area contributed by atoms with Crippen LogP contribution in [0.25, 0.3) is 0 Å². The van der Waals surface area contributed by atoms with Gasteiger partial charge in [-0.15, -0.1) is 0 Å². The molecule has 3 rings (SSSR count). The number of hydrogen-bond acceptors (Lipinski definition) is 6. The van der Waals surface area contributed by atoms with E-state index in [4.69, 9.17) is 4.52 Å². The first-order valence-electron chi connectivity index (χ1n) is 9.05. The molecule has 0 saturated heterocycles. The molecule has 10 heteroatoms. The van der Waals surface area contributed by atoms with Crippen molar-refractivity contribution in [2.24, 2.45) is 5.92 Å². The van der Waals surface area contributed by atoms with Crippen molar-refractivity contribution in [3.8, 4) is 0 Å². The van der Waals surface area contributed by atoms with Gasteiger partial charge in [0.25, 0.3) is 5.91 Å². The molecule has 0 saturated carbocycles. The smallest absolute Gasteiger partial charge is 0.318 e. The Morgan fingerprint density at radius 1 is 1.33 bits per heavy atom. The Labute approximate surface area is 157 Å². The Hall–Kier alpha value is -2.91. The van der Waals surface area contributed by atoms with Crippen LogP contribution >= 0.6 is 0 Å². The molecule has 0 radical (unpaired) electrons. The van der Waals surface area contributed by atoms with E-state index in [2.05, 4.69) is 44.8 Å². The van der Waals surface area contributed by atoms with Crippen LogP contribution in [0, 0.1) is 5.92 Å². The molecular weight excluding hydrogens is 350 g/mol. The average Bonchev–Trinajstić information content (AvgIpc) is 3.26. The molecule has 146 valence electrons. The highest BCUT2D eigenvalue weighted by Gasteiger charge is 2.28. The maximum Gasteiger partial charge on any atom is 0.318 e. The zero-order chi connectivity index (χ0) is 19.6. The zero-order valence-electron chi connectivity index (χ0n) is 16.0. The molecule has 0 spiro atoms. The van der Waals surface area contributed by atoms with Gasteiger partial charge in [0.2, 0.25) is 5.89 Å². The fourth-order valence-corrected chi connectivity index (χ4v) is 3.00. The van der Waals surface area contributed by atoms with Crippen molar-refractivity contribution < 1.29 is 14.1 Å². The summed E-state index contributed by atoms with van der Waals surface area (Å²) < 4.78 is 5.26. The van der Waals surface area contributed by atoms with E-state index in [1.807, 2.05) is 0 Å². The lowest BCUT2D eigenvalue weighted by atomic mass is 10.1. The van der Waals surface area contributed by atoms with Gasteiger partial charge >= 0.3 is 6.03 Å². The van der Waals surface area contributed by atoms with Crippen molar-refractivity contribution in [2.45, 2.75) is 46.2 Å². The molecule has 0 fully saturated rings. The van der Waals surface area contributed by atoms with Crippen molar-refractivity contribution in [3.05, 3.63) is 28.7 Å². The Balaban J connectivity index is 1.64. The van der Waals surface area contributed by atoms with Crippen LogP contribution in [0.2, 0.25) is 0 Å². The standard InChI is InChI=1S/C17H25N7O3/c1-9(2)7-13-20-16(27-23-13)10(3)19-17(26)24-6-5-12-11(8-24)14(22-21-12)15(25)18-4/h9-10H,5-8H2,1-4H3,(H,18,25)(H,19,26)(H,21,22). The number of hydrogen-bond donors (Lipinski definition) is 3. The van der Waals surface area contributed by atoms with Crippen molar-refractivity contribution >= 4 is 11.9 Å². The predicted molar refractivity (Wildman–Crippen MR) is 95.9 cm³/mol. The summed E-state index contributed by atoms with van der Waals surface area (Å²) in [7, 11) is 1.55. The lowest BCUT2D eigenvalue weighted by molar-refractivity contribution is 0.0955. The minimum absolute atomic E-state index is 0.249. The van der Waals surface area contributed by atoms with E-state index < -0.39 is 6.04 Å². The van der Waals surface area contributed by atoms with Crippen LogP contribution in [-0.2, 0) is 19.4 Å². The molecule has 2 aromatic rings. The van der Waals surface area contributed by atoms with Crippen molar-refractivity contribution in [1.29, 1.82) is 0 Å². The van der Waals surface area contributed by atoms with E-state index in [1.54, 1.807) is 18.9 Å². The molecule has 0 aliphatic carbocycles. The zero-order valence-corrected chi connectivity index (χ0v) is 16.0. The number of nitrogens with one attached hydrogen (secondary N) is 3. The number of aromatic amines is 1. The van der Waals surface area contributed by atoms with Crippen molar-refractivity contribution in [2.75, 3.05) is 13.6 Å². The Morgan fingerprint density at radius 3 is 2.81 bits per heavy atom. The van der Waals surface area contributed by atoms with Gasteiger partial charge < -0.3 is 20.1 Å². The molecule has 1 atom stereocenters. The van der Waals surface area contributed by atoms with E-state index in [1.165, 1.54) is 0 Å². The van der Waals surface area contributed by atoms with Gasteiger partial charge in [-0.1, -0.05) is 19.0 Å². The monoisotopic (exact) mass is 375 g/mol. The number of H-pyrrole nitrogens is 1. The van der Waals surface area contributed by atoms with Gasteiger partial charge in [0, 0.05) is 37.7 Å². The van der Waals surface area contributed by atoms with E-state index in [-0.39, 0.29) is 11.9 Å². The van der Waals surface area contributed by atoms with Crippen LogP contribution in [-0.4, -0.2) is 50.8 Å². The molecule has 0 aromatic carbocycles. The summed E-state index contributed by atoms with van der Waals surface area (Å²) in [5.74, 6) is 1.17. The van der Waals surface area contributed by atoms with Gasteiger partial charge in [0.15, 0.2) is 11.5 Å².